The Kier molecular flexibility index (Phi) is 1.14. The summed E-state index contributed by atoms with van der Waals surface area (Å²) < 4.78 is 0. The number of hydrogen-bond acceptors (Lipinski definition) is 3. The van der Waals surface area contributed by atoms with Crippen LogP contribution in [0.1, 0.15) is 0 Å². The van der Waals surface area contributed by atoms with Gasteiger partial charge in [-0.2, -0.15) is 0 Å². The van der Waals surface area contributed by atoms with Gasteiger partial charge in [-0.05, 0) is 0 Å². The number of carbonyl (C=O) groups excluding carboxylic acids is 2. The predicted octanol–water partition coefficient (Wildman–Crippen LogP) is -0.690. The van der Waals surface area contributed by atoms with Crippen LogP contribution in [-0.4, -0.2) is 29.0 Å². The van der Waals surface area contributed by atoms with Gasteiger partial charge in [0.2, 0.25) is 5.12 Å². The van der Waals surface area contributed by atoms with Crippen molar-refractivity contribution in [3.8, 4) is 0 Å². The lowest BCUT2D eigenvalue weighted by atomic mass is 10.2. The molecule has 2 aliphatic heterocycles. The monoisotopic (exact) mass is 158 g/mol. The number of carbonyl (C=O) groups is 2. The Hall–Kier alpha value is -0.710. The highest BCUT2D eigenvalue weighted by molar-refractivity contribution is 8.14. The number of urea groups is 1. The number of thioether (sulfide) groups is 1. The van der Waals surface area contributed by atoms with E-state index in [0.29, 0.717) is 5.75 Å². The van der Waals surface area contributed by atoms with E-state index in [9.17, 15) is 9.59 Å². The zero-order chi connectivity index (χ0) is 7.14. The summed E-state index contributed by atoms with van der Waals surface area (Å²) in [5.74, 6) is 0.711. The van der Waals surface area contributed by atoms with Crippen molar-refractivity contribution in [2.24, 2.45) is 0 Å². The van der Waals surface area contributed by atoms with Gasteiger partial charge in [-0.3, -0.25) is 4.79 Å². The normalized spacial score (nSPS) is 37.2. The van der Waals surface area contributed by atoms with Gasteiger partial charge < -0.3 is 10.6 Å². The van der Waals surface area contributed by atoms with Crippen molar-refractivity contribution in [3.05, 3.63) is 0 Å². The first kappa shape index (κ1) is 6.03. The Bertz CT molecular complexity index is 206. The molecule has 0 unspecified atom stereocenters. The highest BCUT2D eigenvalue weighted by atomic mass is 32.2. The third-order valence-electron chi connectivity index (χ3n) is 1.66. The summed E-state index contributed by atoms with van der Waals surface area (Å²) in [5.41, 5.74) is 0. The molecule has 0 aromatic heterocycles. The van der Waals surface area contributed by atoms with Gasteiger partial charge in [-0.1, -0.05) is 11.8 Å². The quantitative estimate of drug-likeness (QED) is 0.459. The van der Waals surface area contributed by atoms with Crippen LogP contribution in [0.5, 0.6) is 0 Å². The molecule has 0 saturated carbocycles. The molecule has 2 rings (SSSR count). The van der Waals surface area contributed by atoms with E-state index < -0.39 is 0 Å². The van der Waals surface area contributed by atoms with Crippen LogP contribution in [0, 0.1) is 0 Å². The molecule has 0 bridgehead atoms. The fourth-order valence-corrected chi connectivity index (χ4v) is 2.18. The predicted molar refractivity (Wildman–Crippen MR) is 36.7 cm³/mol. The van der Waals surface area contributed by atoms with E-state index in [1.54, 1.807) is 0 Å². The highest BCUT2D eigenvalue weighted by Crippen LogP contribution is 2.22. The number of fused-ring (bicyclic) bond motifs is 1. The van der Waals surface area contributed by atoms with Crippen molar-refractivity contribution in [2.45, 2.75) is 12.1 Å². The van der Waals surface area contributed by atoms with Gasteiger partial charge >= 0.3 is 6.03 Å². The van der Waals surface area contributed by atoms with Crippen LogP contribution in [0.4, 0.5) is 4.79 Å². The minimum Gasteiger partial charge on any atom is -0.332 e. The first-order chi connectivity index (χ1) is 4.77. The molecule has 2 saturated heterocycles. The van der Waals surface area contributed by atoms with E-state index in [4.69, 9.17) is 0 Å². The lowest BCUT2D eigenvalue weighted by Gasteiger charge is -2.01. The second-order valence-electron chi connectivity index (χ2n) is 2.33. The molecule has 2 fully saturated rings. The van der Waals surface area contributed by atoms with E-state index in [0.717, 1.165) is 0 Å². The van der Waals surface area contributed by atoms with Crippen molar-refractivity contribution in [1.29, 1.82) is 0 Å². The molecule has 0 spiro atoms. The molecule has 4 nitrogen and oxygen atoms in total. The topological polar surface area (TPSA) is 58.2 Å². The van der Waals surface area contributed by atoms with Crippen LogP contribution < -0.4 is 10.6 Å². The maximum absolute atomic E-state index is 10.9. The summed E-state index contributed by atoms with van der Waals surface area (Å²) in [6.45, 7) is 0. The Labute approximate surface area is 61.7 Å². The van der Waals surface area contributed by atoms with Gasteiger partial charge in [0.25, 0.3) is 0 Å². The van der Waals surface area contributed by atoms with Gasteiger partial charge in [-0.25, -0.2) is 4.79 Å². The summed E-state index contributed by atoms with van der Waals surface area (Å²) >= 11 is 1.28. The second kappa shape index (κ2) is 1.88. The van der Waals surface area contributed by atoms with Gasteiger partial charge in [0.05, 0.1) is 6.04 Å². The molecule has 2 N–H and O–H groups in total. The molecule has 54 valence electrons. The van der Waals surface area contributed by atoms with E-state index in [1.165, 1.54) is 11.8 Å². The van der Waals surface area contributed by atoms with Crippen molar-refractivity contribution < 1.29 is 9.59 Å². The van der Waals surface area contributed by atoms with Crippen molar-refractivity contribution in [1.82, 2.24) is 10.6 Å². The van der Waals surface area contributed by atoms with E-state index in [1.807, 2.05) is 0 Å². The summed E-state index contributed by atoms with van der Waals surface area (Å²) in [6, 6.07) is -0.453. The van der Waals surface area contributed by atoms with E-state index >= 15 is 0 Å². The van der Waals surface area contributed by atoms with Crippen molar-refractivity contribution >= 4 is 22.9 Å². The maximum atomic E-state index is 10.9. The van der Waals surface area contributed by atoms with Gasteiger partial charge in [0.15, 0.2) is 0 Å². The summed E-state index contributed by atoms with van der Waals surface area (Å²) in [7, 11) is 0. The average Bonchev–Trinajstić information content (AvgIpc) is 2.35. The standard InChI is InChI=1S/C5H6N2O2S/c8-4-3-2(1-10-4)6-5(9)7-3/h2-3H,1H2,(H2,6,7,9)/t2-,3-/m0/s1. The molecule has 2 heterocycles. The van der Waals surface area contributed by atoms with Crippen LogP contribution in [-0.2, 0) is 4.79 Å². The molecule has 0 aromatic rings. The van der Waals surface area contributed by atoms with E-state index in [-0.39, 0.29) is 23.2 Å². The van der Waals surface area contributed by atoms with Crippen LogP contribution in [0.25, 0.3) is 0 Å². The number of amides is 2. The SMILES string of the molecule is O=C1N[C@H]2CSC(=O)[C@H]2N1. The second-order valence-corrected chi connectivity index (χ2v) is 3.36. The molecule has 5 heteroatoms. The molecule has 10 heavy (non-hydrogen) atoms. The highest BCUT2D eigenvalue weighted by Gasteiger charge is 2.42. The molecule has 2 aliphatic rings. The van der Waals surface area contributed by atoms with Crippen molar-refractivity contribution in [3.63, 3.8) is 0 Å². The maximum Gasteiger partial charge on any atom is 0.315 e. The van der Waals surface area contributed by atoms with Crippen LogP contribution in [0.15, 0.2) is 0 Å². The third kappa shape index (κ3) is 0.701. The molecule has 0 aromatic carbocycles. The largest absolute Gasteiger partial charge is 0.332 e. The Morgan fingerprint density at radius 3 is 2.90 bits per heavy atom. The number of hydrogen-bond donors (Lipinski definition) is 2. The summed E-state index contributed by atoms with van der Waals surface area (Å²) in [5, 5.41) is 5.27. The minimum atomic E-state index is -0.266. The molecule has 0 radical (unpaired) electrons. The number of nitrogens with one attached hydrogen (secondary N) is 2. The first-order valence-electron chi connectivity index (χ1n) is 3.01. The summed E-state index contributed by atoms with van der Waals surface area (Å²) in [6.07, 6.45) is 0. The van der Waals surface area contributed by atoms with Crippen LogP contribution in [0.2, 0.25) is 0 Å². The zero-order valence-electron chi connectivity index (χ0n) is 5.09. The fraction of sp³-hybridized carbons (Fsp3) is 0.600. The molecule has 0 aliphatic carbocycles. The van der Waals surface area contributed by atoms with Crippen LogP contribution in [0.3, 0.4) is 0 Å². The van der Waals surface area contributed by atoms with Crippen molar-refractivity contribution in [2.75, 3.05) is 5.75 Å². The average molecular weight is 158 g/mol. The molecular weight excluding hydrogens is 152 g/mol. The number of rotatable bonds is 0. The van der Waals surface area contributed by atoms with Gasteiger partial charge in [0, 0.05) is 5.75 Å². The lowest BCUT2D eigenvalue weighted by molar-refractivity contribution is -0.112. The Morgan fingerprint density at radius 2 is 2.20 bits per heavy atom. The van der Waals surface area contributed by atoms with Crippen LogP contribution >= 0.6 is 11.8 Å². The molecule has 2 amide bonds. The fourth-order valence-electron chi connectivity index (χ4n) is 1.16. The molecular formula is C5H6N2O2S. The zero-order valence-corrected chi connectivity index (χ0v) is 5.90. The molecule has 2 atom stereocenters. The minimum absolute atomic E-state index is 0.0324. The first-order valence-corrected chi connectivity index (χ1v) is 3.99. The van der Waals surface area contributed by atoms with Gasteiger partial charge in [0.1, 0.15) is 6.04 Å². The Morgan fingerprint density at radius 1 is 1.40 bits per heavy atom. The lowest BCUT2D eigenvalue weighted by Crippen LogP contribution is -2.33. The van der Waals surface area contributed by atoms with Gasteiger partial charge in [-0.15, -0.1) is 0 Å². The third-order valence-corrected chi connectivity index (χ3v) is 2.73. The Balaban J connectivity index is 2.19. The summed E-state index contributed by atoms with van der Waals surface area (Å²) in [4.78, 5) is 21.5. The van der Waals surface area contributed by atoms with E-state index in [2.05, 4.69) is 10.6 Å². The smallest absolute Gasteiger partial charge is 0.315 e.